The molecule has 3 aliphatic rings. The van der Waals surface area contributed by atoms with Crippen molar-refractivity contribution >= 4 is 22.8 Å². The van der Waals surface area contributed by atoms with Gasteiger partial charge in [-0.25, -0.2) is 13.5 Å². The fourth-order valence-electron chi connectivity index (χ4n) is 6.73. The zero-order chi connectivity index (χ0) is 30.8. The van der Waals surface area contributed by atoms with Crippen LogP contribution in [0.1, 0.15) is 78.4 Å². The van der Waals surface area contributed by atoms with E-state index in [0.717, 1.165) is 42.4 Å². The van der Waals surface area contributed by atoms with Gasteiger partial charge >= 0.3 is 6.18 Å². The molecule has 1 saturated carbocycles. The van der Waals surface area contributed by atoms with Crippen LogP contribution in [0.15, 0.2) is 12.1 Å². The van der Waals surface area contributed by atoms with E-state index < -0.39 is 29.1 Å². The van der Waals surface area contributed by atoms with Gasteiger partial charge in [-0.3, -0.25) is 19.9 Å². The van der Waals surface area contributed by atoms with Crippen LogP contribution in [-0.4, -0.2) is 88.2 Å². The molecule has 2 saturated heterocycles. The second-order valence-corrected chi connectivity index (χ2v) is 14.1. The van der Waals surface area contributed by atoms with Crippen molar-refractivity contribution < 1.29 is 27.0 Å². The standard InChI is InChI=1S/C30H46F3N5O3S/c1-20-18-24(27(39)37(5)36(3)4)19-21(2)25(20)11-17-42(41)38-15-13-29(14-16-38)28(40)34-26(35-29)23-8-6-22(7-9-23)10-12-30(31,32)33/h18-19,22-23,26,35H,6-17H2,1-5H3,(H,34,40). The van der Waals surface area contributed by atoms with Gasteiger partial charge in [0.1, 0.15) is 5.54 Å². The third-order valence-electron chi connectivity index (χ3n) is 9.58. The lowest BCUT2D eigenvalue weighted by atomic mass is 9.78. The summed E-state index contributed by atoms with van der Waals surface area (Å²) in [5.74, 6) is 0.699. The number of hydrogen-bond acceptors (Lipinski definition) is 5. The molecule has 8 nitrogen and oxygen atoms in total. The van der Waals surface area contributed by atoms with Crippen LogP contribution in [-0.2, 0) is 22.2 Å². The fourth-order valence-corrected chi connectivity index (χ4v) is 7.96. The van der Waals surface area contributed by atoms with Crippen molar-refractivity contribution in [3.8, 4) is 0 Å². The monoisotopic (exact) mass is 613 g/mol. The number of halogens is 3. The average Bonchev–Trinajstić information content (AvgIpc) is 3.25. The highest BCUT2D eigenvalue weighted by molar-refractivity contribution is 7.82. The molecular formula is C30H46F3N5O3S. The maximum absolute atomic E-state index is 13.3. The Hall–Kier alpha value is -2.02. The maximum atomic E-state index is 13.3. The van der Waals surface area contributed by atoms with E-state index in [1.54, 1.807) is 17.1 Å². The zero-order valence-corrected chi connectivity index (χ0v) is 26.3. The van der Waals surface area contributed by atoms with Crippen LogP contribution in [0.3, 0.4) is 0 Å². The number of nitrogens with one attached hydrogen (secondary N) is 2. The third-order valence-corrected chi connectivity index (χ3v) is 11.1. The summed E-state index contributed by atoms with van der Waals surface area (Å²) >= 11 is 0. The highest BCUT2D eigenvalue weighted by Crippen LogP contribution is 2.38. The van der Waals surface area contributed by atoms with Gasteiger partial charge in [0.2, 0.25) is 5.91 Å². The number of carbonyl (C=O) groups is 2. The van der Waals surface area contributed by atoms with E-state index in [0.29, 0.717) is 43.7 Å². The van der Waals surface area contributed by atoms with Crippen molar-refractivity contribution in [1.29, 1.82) is 0 Å². The van der Waals surface area contributed by atoms with E-state index in [9.17, 15) is 27.0 Å². The number of piperidine rings is 1. The number of rotatable bonds is 9. The summed E-state index contributed by atoms with van der Waals surface area (Å²) in [6.07, 6.45) is 0.134. The molecule has 236 valence electrons. The van der Waals surface area contributed by atoms with Gasteiger partial charge in [0.25, 0.3) is 5.91 Å². The van der Waals surface area contributed by atoms with Crippen molar-refractivity contribution in [3.63, 3.8) is 0 Å². The predicted molar refractivity (Wildman–Crippen MR) is 158 cm³/mol. The van der Waals surface area contributed by atoms with Crippen molar-refractivity contribution in [2.45, 2.75) is 89.5 Å². The number of aryl methyl sites for hydroxylation is 2. The molecule has 2 unspecified atom stereocenters. The number of hydrazine groups is 1. The molecule has 3 fully saturated rings. The van der Waals surface area contributed by atoms with Gasteiger partial charge in [-0.15, -0.1) is 0 Å². The first-order valence-corrected chi connectivity index (χ1v) is 16.3. The van der Waals surface area contributed by atoms with E-state index in [1.807, 2.05) is 44.4 Å². The molecule has 42 heavy (non-hydrogen) atoms. The van der Waals surface area contributed by atoms with Crippen molar-refractivity contribution in [2.75, 3.05) is 40.0 Å². The molecule has 1 aromatic carbocycles. The summed E-state index contributed by atoms with van der Waals surface area (Å²) in [6.45, 7) is 5.06. The third kappa shape index (κ3) is 7.73. The maximum Gasteiger partial charge on any atom is 0.389 e. The van der Waals surface area contributed by atoms with Crippen LogP contribution in [0, 0.1) is 25.7 Å². The van der Waals surface area contributed by atoms with Crippen molar-refractivity contribution in [3.05, 3.63) is 34.4 Å². The lowest BCUT2D eigenvalue weighted by Gasteiger charge is -2.38. The first kappa shape index (κ1) is 32.9. The lowest BCUT2D eigenvalue weighted by molar-refractivity contribution is -0.138. The first-order valence-electron chi connectivity index (χ1n) is 15.0. The summed E-state index contributed by atoms with van der Waals surface area (Å²) in [6, 6.07) is 3.79. The van der Waals surface area contributed by atoms with Gasteiger partial charge in [-0.05, 0) is 93.0 Å². The SMILES string of the molecule is Cc1cc(C(=O)N(C)N(C)C)cc(C)c1CCS(=O)N1CCC2(CC1)NC(C1CCC(CCC(F)(F)F)CC1)NC2=O. The quantitative estimate of drug-likeness (QED) is 0.410. The van der Waals surface area contributed by atoms with E-state index in [2.05, 4.69) is 10.6 Å². The Labute approximate surface area is 250 Å². The topological polar surface area (TPSA) is 85.0 Å². The summed E-state index contributed by atoms with van der Waals surface area (Å²) in [5, 5.41) is 9.97. The molecule has 2 atom stereocenters. The molecule has 12 heteroatoms. The summed E-state index contributed by atoms with van der Waals surface area (Å²) in [4.78, 5) is 25.8. The van der Waals surface area contributed by atoms with E-state index in [1.165, 1.54) is 0 Å². The van der Waals surface area contributed by atoms with Crippen molar-refractivity contribution in [2.24, 2.45) is 11.8 Å². The Morgan fingerprint density at radius 3 is 2.21 bits per heavy atom. The number of carbonyl (C=O) groups excluding carboxylic acids is 2. The van der Waals surface area contributed by atoms with Crippen LogP contribution in [0.4, 0.5) is 13.2 Å². The van der Waals surface area contributed by atoms with Gasteiger partial charge in [-0.1, -0.05) is 12.8 Å². The second kappa shape index (κ2) is 13.3. The first-order chi connectivity index (χ1) is 19.7. The van der Waals surface area contributed by atoms with Gasteiger partial charge < -0.3 is 5.32 Å². The minimum absolute atomic E-state index is 0.0158. The van der Waals surface area contributed by atoms with Crippen LogP contribution in [0.25, 0.3) is 0 Å². The Bertz CT molecular complexity index is 1140. The van der Waals surface area contributed by atoms with Crippen LogP contribution < -0.4 is 10.6 Å². The fraction of sp³-hybridized carbons (Fsp3) is 0.733. The van der Waals surface area contributed by atoms with E-state index in [4.69, 9.17) is 0 Å². The molecule has 1 aliphatic carbocycles. The summed E-state index contributed by atoms with van der Waals surface area (Å²) < 4.78 is 53.0. The minimum Gasteiger partial charge on any atom is -0.339 e. The van der Waals surface area contributed by atoms with Crippen molar-refractivity contribution in [1.82, 2.24) is 25.0 Å². The van der Waals surface area contributed by atoms with Crippen LogP contribution in [0.5, 0.6) is 0 Å². The number of hydrogen-bond donors (Lipinski definition) is 2. The summed E-state index contributed by atoms with van der Waals surface area (Å²) in [7, 11) is 4.17. The molecule has 1 spiro atoms. The molecule has 2 amide bonds. The number of alkyl halides is 3. The van der Waals surface area contributed by atoms with Gasteiger partial charge in [0.05, 0.1) is 17.2 Å². The van der Waals surface area contributed by atoms with Gasteiger partial charge in [-0.2, -0.15) is 13.2 Å². The zero-order valence-electron chi connectivity index (χ0n) is 25.5. The Balaban J connectivity index is 1.26. The molecule has 0 radical (unpaired) electrons. The molecule has 2 heterocycles. The molecular weight excluding hydrogens is 567 g/mol. The van der Waals surface area contributed by atoms with Crippen LogP contribution >= 0.6 is 0 Å². The normalized spacial score (nSPS) is 25.5. The van der Waals surface area contributed by atoms with Gasteiger partial charge in [0, 0.05) is 52.0 Å². The Morgan fingerprint density at radius 2 is 1.67 bits per heavy atom. The number of nitrogens with zero attached hydrogens (tertiary/aromatic N) is 3. The smallest absolute Gasteiger partial charge is 0.339 e. The average molecular weight is 614 g/mol. The molecule has 2 aliphatic heterocycles. The highest BCUT2D eigenvalue weighted by Gasteiger charge is 2.50. The molecule has 2 N–H and O–H groups in total. The summed E-state index contributed by atoms with van der Waals surface area (Å²) in [5.41, 5.74) is 3.07. The van der Waals surface area contributed by atoms with E-state index >= 15 is 0 Å². The predicted octanol–water partition coefficient (Wildman–Crippen LogP) is 4.09. The number of benzene rings is 1. The lowest BCUT2D eigenvalue weighted by Crippen LogP contribution is -2.56. The Morgan fingerprint density at radius 1 is 1.07 bits per heavy atom. The minimum atomic E-state index is -4.10. The molecule has 0 bridgehead atoms. The molecule has 0 aromatic heterocycles. The van der Waals surface area contributed by atoms with Gasteiger partial charge in [0.15, 0.2) is 0 Å². The molecule has 1 aromatic rings. The Kier molecular flexibility index (Phi) is 10.4. The van der Waals surface area contributed by atoms with E-state index in [-0.39, 0.29) is 36.2 Å². The van der Waals surface area contributed by atoms with Crippen LogP contribution in [0.2, 0.25) is 0 Å². The largest absolute Gasteiger partial charge is 0.389 e. The number of amides is 2. The second-order valence-electron chi connectivity index (χ2n) is 12.6. The highest BCUT2D eigenvalue weighted by atomic mass is 32.2. The molecule has 4 rings (SSSR count).